The quantitative estimate of drug-likeness (QED) is 0.301. The molecule has 3 aromatic carbocycles. The van der Waals surface area contributed by atoms with Crippen molar-refractivity contribution in [1.29, 1.82) is 0 Å². The lowest BCUT2D eigenvalue weighted by atomic mass is 10.0. The van der Waals surface area contributed by atoms with E-state index in [0.717, 1.165) is 73.9 Å². The molecule has 2 aliphatic rings. The minimum atomic E-state index is -0.0836. The molecule has 0 spiro atoms. The van der Waals surface area contributed by atoms with Gasteiger partial charge in [-0.05, 0) is 78.3 Å². The second-order valence-corrected chi connectivity index (χ2v) is 10.3. The number of allylic oxidation sites excluding steroid dienone is 2. The zero-order valence-corrected chi connectivity index (χ0v) is 22.3. The molecule has 2 heterocycles. The van der Waals surface area contributed by atoms with Crippen LogP contribution in [0.1, 0.15) is 30.4 Å². The van der Waals surface area contributed by atoms with Crippen molar-refractivity contribution >= 4 is 5.69 Å². The summed E-state index contributed by atoms with van der Waals surface area (Å²) < 4.78 is 26.1. The van der Waals surface area contributed by atoms with Gasteiger partial charge in [0.15, 0.2) is 0 Å². The SMILES string of the molecule is F/C(=C\Cc1cccc(N2CCCCC2)c1)Cc1ccc(-c2ccc(OCCN3CCOCC3)cc2)cc1. The highest BCUT2D eigenvalue weighted by atomic mass is 19.1. The molecule has 5 heteroatoms. The third-order valence-electron chi connectivity index (χ3n) is 7.49. The molecule has 0 aromatic heterocycles. The third kappa shape index (κ3) is 7.68. The molecule has 0 unspecified atom stereocenters. The number of halogens is 1. The van der Waals surface area contributed by atoms with Crippen LogP contribution in [0.25, 0.3) is 11.1 Å². The van der Waals surface area contributed by atoms with E-state index in [0.29, 0.717) is 19.4 Å². The van der Waals surface area contributed by atoms with E-state index in [-0.39, 0.29) is 5.83 Å². The highest BCUT2D eigenvalue weighted by Crippen LogP contribution is 2.25. The first kappa shape index (κ1) is 26.5. The van der Waals surface area contributed by atoms with Crippen LogP contribution in [-0.4, -0.2) is 57.4 Å². The highest BCUT2D eigenvalue weighted by Gasteiger charge is 2.11. The van der Waals surface area contributed by atoms with Crippen molar-refractivity contribution < 1.29 is 13.9 Å². The molecule has 0 bridgehead atoms. The molecule has 2 fully saturated rings. The normalized spacial score (nSPS) is 17.0. The predicted molar refractivity (Wildman–Crippen MR) is 154 cm³/mol. The van der Waals surface area contributed by atoms with Gasteiger partial charge in [-0.25, -0.2) is 4.39 Å². The summed E-state index contributed by atoms with van der Waals surface area (Å²) in [6.07, 6.45) is 6.50. The molecule has 0 aliphatic carbocycles. The number of nitrogens with zero attached hydrogens (tertiary/aromatic N) is 2. The fraction of sp³-hybridized carbons (Fsp3) is 0.394. The van der Waals surface area contributed by atoms with Gasteiger partial charge in [-0.1, -0.05) is 48.5 Å². The fourth-order valence-electron chi connectivity index (χ4n) is 5.20. The minimum absolute atomic E-state index is 0.0836. The number of benzene rings is 3. The van der Waals surface area contributed by atoms with Crippen molar-refractivity contribution in [2.24, 2.45) is 0 Å². The lowest BCUT2D eigenvalue weighted by Crippen LogP contribution is -2.38. The maximum atomic E-state index is 14.7. The summed E-state index contributed by atoms with van der Waals surface area (Å²) in [5, 5.41) is 0. The summed E-state index contributed by atoms with van der Waals surface area (Å²) in [6, 6.07) is 24.9. The highest BCUT2D eigenvalue weighted by molar-refractivity contribution is 5.64. The second-order valence-electron chi connectivity index (χ2n) is 10.3. The smallest absolute Gasteiger partial charge is 0.119 e. The minimum Gasteiger partial charge on any atom is -0.492 e. The van der Waals surface area contributed by atoms with E-state index in [1.807, 2.05) is 24.3 Å². The van der Waals surface area contributed by atoms with Crippen molar-refractivity contribution in [3.8, 4) is 16.9 Å². The van der Waals surface area contributed by atoms with Gasteiger partial charge in [-0.2, -0.15) is 0 Å². The second kappa shape index (κ2) is 13.6. The summed E-state index contributed by atoms with van der Waals surface area (Å²) in [4.78, 5) is 4.81. The molecule has 5 rings (SSSR count). The van der Waals surface area contributed by atoms with Crippen molar-refractivity contribution in [1.82, 2.24) is 4.90 Å². The lowest BCUT2D eigenvalue weighted by Gasteiger charge is -2.29. The maximum Gasteiger partial charge on any atom is 0.119 e. The van der Waals surface area contributed by atoms with Gasteiger partial charge in [-0.3, -0.25) is 4.90 Å². The standard InChI is InChI=1S/C33H39FN2O2/c34-31(14-9-27-5-4-6-32(26-27)36-17-2-1-3-18-36)25-28-7-10-29(11-8-28)30-12-15-33(16-13-30)38-24-21-35-19-22-37-23-20-35/h4-8,10-16,26H,1-3,9,17-25H2/b31-14-. The van der Waals surface area contributed by atoms with Gasteiger partial charge in [0.2, 0.25) is 0 Å². The molecule has 0 saturated carbocycles. The van der Waals surface area contributed by atoms with Crippen molar-refractivity contribution in [2.75, 3.05) is 57.4 Å². The molecule has 3 aromatic rings. The van der Waals surface area contributed by atoms with E-state index >= 15 is 0 Å². The Hall–Kier alpha value is -3.15. The summed E-state index contributed by atoms with van der Waals surface area (Å²) in [5.74, 6) is 0.798. The molecular weight excluding hydrogens is 475 g/mol. The number of hydrogen-bond acceptors (Lipinski definition) is 4. The number of rotatable bonds is 10. The third-order valence-corrected chi connectivity index (χ3v) is 7.49. The number of ether oxygens (including phenoxy) is 2. The molecule has 2 saturated heterocycles. The Morgan fingerprint density at radius 2 is 1.53 bits per heavy atom. The van der Waals surface area contributed by atoms with Gasteiger partial charge in [0.05, 0.1) is 13.2 Å². The van der Waals surface area contributed by atoms with Gasteiger partial charge >= 0.3 is 0 Å². The van der Waals surface area contributed by atoms with E-state index in [9.17, 15) is 4.39 Å². The molecule has 0 amide bonds. The van der Waals surface area contributed by atoms with Crippen molar-refractivity contribution in [2.45, 2.75) is 32.1 Å². The van der Waals surface area contributed by atoms with Crippen LogP contribution in [0.5, 0.6) is 5.75 Å². The Morgan fingerprint density at radius 1 is 0.816 bits per heavy atom. The van der Waals surface area contributed by atoms with Gasteiger partial charge < -0.3 is 14.4 Å². The summed E-state index contributed by atoms with van der Waals surface area (Å²) in [6.45, 7) is 7.41. The van der Waals surface area contributed by atoms with Gasteiger partial charge in [0.25, 0.3) is 0 Å². The molecule has 38 heavy (non-hydrogen) atoms. The fourth-order valence-corrected chi connectivity index (χ4v) is 5.20. The first-order valence-corrected chi connectivity index (χ1v) is 14.0. The van der Waals surface area contributed by atoms with Gasteiger partial charge in [0, 0.05) is 44.8 Å². The number of anilines is 1. The average molecular weight is 515 g/mol. The van der Waals surface area contributed by atoms with Crippen LogP contribution >= 0.6 is 0 Å². The van der Waals surface area contributed by atoms with E-state index < -0.39 is 0 Å². The van der Waals surface area contributed by atoms with E-state index in [1.54, 1.807) is 6.08 Å². The van der Waals surface area contributed by atoms with Crippen LogP contribution in [-0.2, 0) is 17.6 Å². The molecule has 200 valence electrons. The number of morpholine rings is 1. The topological polar surface area (TPSA) is 24.9 Å². The Morgan fingerprint density at radius 3 is 2.26 bits per heavy atom. The molecule has 2 aliphatic heterocycles. The van der Waals surface area contributed by atoms with E-state index in [2.05, 4.69) is 58.3 Å². The molecule has 0 atom stereocenters. The van der Waals surface area contributed by atoms with E-state index in [4.69, 9.17) is 9.47 Å². The number of piperidine rings is 1. The summed E-state index contributed by atoms with van der Waals surface area (Å²) in [7, 11) is 0. The van der Waals surface area contributed by atoms with Gasteiger partial charge in [0.1, 0.15) is 18.2 Å². The predicted octanol–water partition coefficient (Wildman–Crippen LogP) is 6.69. The van der Waals surface area contributed by atoms with Gasteiger partial charge in [-0.15, -0.1) is 0 Å². The molecule has 0 N–H and O–H groups in total. The Labute approximate surface area is 226 Å². The van der Waals surface area contributed by atoms with Crippen LogP contribution in [0.4, 0.5) is 10.1 Å². The van der Waals surface area contributed by atoms with Crippen LogP contribution in [0.15, 0.2) is 84.7 Å². The van der Waals surface area contributed by atoms with Crippen LogP contribution in [0.2, 0.25) is 0 Å². The lowest BCUT2D eigenvalue weighted by molar-refractivity contribution is 0.0322. The van der Waals surface area contributed by atoms with Crippen LogP contribution in [0, 0.1) is 0 Å². The molecule has 0 radical (unpaired) electrons. The first-order chi connectivity index (χ1) is 18.7. The van der Waals surface area contributed by atoms with Crippen LogP contribution < -0.4 is 9.64 Å². The zero-order valence-electron chi connectivity index (χ0n) is 22.3. The average Bonchev–Trinajstić information content (AvgIpc) is 2.98. The first-order valence-electron chi connectivity index (χ1n) is 14.0. The summed E-state index contributed by atoms with van der Waals surface area (Å²) in [5.41, 5.74) is 5.65. The summed E-state index contributed by atoms with van der Waals surface area (Å²) >= 11 is 0. The van der Waals surface area contributed by atoms with E-state index in [1.165, 1.54) is 24.9 Å². The Kier molecular flexibility index (Phi) is 9.46. The van der Waals surface area contributed by atoms with Crippen molar-refractivity contribution in [3.05, 3.63) is 95.8 Å². The Balaban J connectivity index is 1.10. The molecule has 4 nitrogen and oxygen atoms in total. The largest absolute Gasteiger partial charge is 0.492 e. The maximum absolute atomic E-state index is 14.7. The monoisotopic (exact) mass is 514 g/mol. The van der Waals surface area contributed by atoms with Crippen LogP contribution in [0.3, 0.4) is 0 Å². The van der Waals surface area contributed by atoms with Crippen molar-refractivity contribution in [3.63, 3.8) is 0 Å². The molecular formula is C33H39FN2O2. The zero-order chi connectivity index (χ0) is 26.0. The number of hydrogen-bond donors (Lipinski definition) is 0. The Bertz CT molecular complexity index is 1160.